The summed E-state index contributed by atoms with van der Waals surface area (Å²) in [4.78, 5) is 11.1. The van der Waals surface area contributed by atoms with Crippen molar-refractivity contribution in [2.75, 3.05) is 24.3 Å². The van der Waals surface area contributed by atoms with Crippen LogP contribution in [0, 0.1) is 11.8 Å². The van der Waals surface area contributed by atoms with Crippen LogP contribution in [-0.2, 0) is 4.79 Å². The highest BCUT2D eigenvalue weighted by Crippen LogP contribution is 2.31. The molecule has 2 N–H and O–H groups in total. The Labute approximate surface area is 127 Å². The standard InChI is InChI=1S/C17H26N2O2/c1-12-5-4-6-14(9-12)11-18-15-7-8-16(19-13(2)20)17(10-15)21-3/h7-8,10,12,14,18H,4-6,9,11H2,1-3H3,(H,19,20). The molecule has 1 aliphatic carbocycles. The fourth-order valence-corrected chi connectivity index (χ4v) is 3.10. The molecule has 0 heterocycles. The van der Waals surface area contributed by atoms with Crippen molar-refractivity contribution in [1.82, 2.24) is 0 Å². The fourth-order valence-electron chi connectivity index (χ4n) is 3.10. The smallest absolute Gasteiger partial charge is 0.221 e. The maximum Gasteiger partial charge on any atom is 0.221 e. The molecule has 0 spiro atoms. The van der Waals surface area contributed by atoms with Crippen LogP contribution in [0.1, 0.15) is 39.5 Å². The highest BCUT2D eigenvalue weighted by Gasteiger charge is 2.18. The van der Waals surface area contributed by atoms with Crippen LogP contribution in [0.5, 0.6) is 5.75 Å². The number of benzene rings is 1. The topological polar surface area (TPSA) is 50.4 Å². The fraction of sp³-hybridized carbons (Fsp3) is 0.588. The first-order chi connectivity index (χ1) is 10.1. The van der Waals surface area contributed by atoms with Gasteiger partial charge in [-0.05, 0) is 36.8 Å². The molecule has 1 aliphatic rings. The van der Waals surface area contributed by atoms with Gasteiger partial charge in [-0.15, -0.1) is 0 Å². The number of hydrogen-bond donors (Lipinski definition) is 2. The molecular weight excluding hydrogens is 264 g/mol. The van der Waals surface area contributed by atoms with Gasteiger partial charge < -0.3 is 15.4 Å². The Kier molecular flexibility index (Phi) is 5.48. The summed E-state index contributed by atoms with van der Waals surface area (Å²) in [5.41, 5.74) is 1.75. The third-order valence-electron chi connectivity index (χ3n) is 4.15. The lowest BCUT2D eigenvalue weighted by molar-refractivity contribution is -0.114. The Morgan fingerprint density at radius 1 is 1.38 bits per heavy atom. The molecule has 0 bridgehead atoms. The Morgan fingerprint density at radius 3 is 2.86 bits per heavy atom. The number of hydrogen-bond acceptors (Lipinski definition) is 3. The minimum absolute atomic E-state index is 0.0924. The monoisotopic (exact) mass is 290 g/mol. The molecule has 2 unspecified atom stereocenters. The molecule has 116 valence electrons. The SMILES string of the molecule is COc1cc(NCC2CCCC(C)C2)ccc1NC(C)=O. The first kappa shape index (κ1) is 15.7. The van der Waals surface area contributed by atoms with Gasteiger partial charge in [-0.1, -0.05) is 19.8 Å². The van der Waals surface area contributed by atoms with E-state index < -0.39 is 0 Å². The van der Waals surface area contributed by atoms with Gasteiger partial charge in [0, 0.05) is 25.2 Å². The van der Waals surface area contributed by atoms with Gasteiger partial charge in [0.05, 0.1) is 12.8 Å². The van der Waals surface area contributed by atoms with Gasteiger partial charge in [0.1, 0.15) is 5.75 Å². The number of ether oxygens (including phenoxy) is 1. The van der Waals surface area contributed by atoms with Crippen molar-refractivity contribution in [1.29, 1.82) is 0 Å². The summed E-state index contributed by atoms with van der Waals surface area (Å²) in [6.45, 7) is 4.85. The van der Waals surface area contributed by atoms with Crippen LogP contribution < -0.4 is 15.4 Å². The molecule has 0 aliphatic heterocycles. The summed E-state index contributed by atoms with van der Waals surface area (Å²) in [6.07, 6.45) is 5.35. The number of carbonyl (C=O) groups excluding carboxylic acids is 1. The molecule has 21 heavy (non-hydrogen) atoms. The van der Waals surface area contributed by atoms with E-state index in [0.717, 1.165) is 24.1 Å². The number of nitrogens with one attached hydrogen (secondary N) is 2. The second-order valence-corrected chi connectivity index (χ2v) is 6.11. The molecule has 1 fully saturated rings. The van der Waals surface area contributed by atoms with Crippen molar-refractivity contribution >= 4 is 17.3 Å². The van der Waals surface area contributed by atoms with Crippen LogP contribution in [0.2, 0.25) is 0 Å². The van der Waals surface area contributed by atoms with Gasteiger partial charge in [0.25, 0.3) is 0 Å². The van der Waals surface area contributed by atoms with Crippen molar-refractivity contribution < 1.29 is 9.53 Å². The third kappa shape index (κ3) is 4.66. The first-order valence-electron chi connectivity index (χ1n) is 7.78. The Hall–Kier alpha value is -1.71. The molecule has 2 rings (SSSR count). The summed E-state index contributed by atoms with van der Waals surface area (Å²) in [5.74, 6) is 2.20. The summed E-state index contributed by atoms with van der Waals surface area (Å²) in [7, 11) is 1.62. The molecule has 1 aromatic rings. The minimum atomic E-state index is -0.0924. The average molecular weight is 290 g/mol. The lowest BCUT2D eigenvalue weighted by Crippen LogP contribution is -2.21. The molecule has 0 aromatic heterocycles. The number of amides is 1. The van der Waals surface area contributed by atoms with Crippen molar-refractivity contribution in [3.63, 3.8) is 0 Å². The van der Waals surface area contributed by atoms with E-state index in [4.69, 9.17) is 4.74 Å². The van der Waals surface area contributed by atoms with Crippen LogP contribution in [0.25, 0.3) is 0 Å². The average Bonchev–Trinajstić information content (AvgIpc) is 2.45. The van der Waals surface area contributed by atoms with Crippen LogP contribution >= 0.6 is 0 Å². The largest absolute Gasteiger partial charge is 0.494 e. The van der Waals surface area contributed by atoms with E-state index in [1.807, 2.05) is 18.2 Å². The van der Waals surface area contributed by atoms with E-state index in [0.29, 0.717) is 11.4 Å². The number of anilines is 2. The van der Waals surface area contributed by atoms with Crippen LogP contribution in [0.3, 0.4) is 0 Å². The summed E-state index contributed by atoms with van der Waals surface area (Å²) >= 11 is 0. The predicted molar refractivity (Wildman–Crippen MR) is 86.9 cm³/mol. The van der Waals surface area contributed by atoms with Crippen molar-refractivity contribution in [2.45, 2.75) is 39.5 Å². The van der Waals surface area contributed by atoms with E-state index in [9.17, 15) is 4.79 Å². The van der Waals surface area contributed by atoms with E-state index in [1.165, 1.54) is 32.6 Å². The van der Waals surface area contributed by atoms with Crippen LogP contribution in [0.4, 0.5) is 11.4 Å². The lowest BCUT2D eigenvalue weighted by atomic mass is 9.82. The predicted octanol–water partition coefficient (Wildman–Crippen LogP) is 3.89. The van der Waals surface area contributed by atoms with Gasteiger partial charge in [-0.25, -0.2) is 0 Å². The lowest BCUT2D eigenvalue weighted by Gasteiger charge is -2.27. The van der Waals surface area contributed by atoms with E-state index in [1.54, 1.807) is 7.11 Å². The number of carbonyl (C=O) groups is 1. The van der Waals surface area contributed by atoms with Gasteiger partial charge in [0.15, 0.2) is 0 Å². The molecule has 0 radical (unpaired) electrons. The Bertz CT molecular complexity index is 488. The first-order valence-corrected chi connectivity index (χ1v) is 7.78. The third-order valence-corrected chi connectivity index (χ3v) is 4.15. The van der Waals surface area contributed by atoms with E-state index in [-0.39, 0.29) is 5.91 Å². The molecule has 1 amide bonds. The number of methoxy groups -OCH3 is 1. The molecule has 4 heteroatoms. The van der Waals surface area contributed by atoms with Crippen LogP contribution in [0.15, 0.2) is 18.2 Å². The molecular formula is C17H26N2O2. The quantitative estimate of drug-likeness (QED) is 0.865. The van der Waals surface area contributed by atoms with Crippen molar-refractivity contribution in [2.24, 2.45) is 11.8 Å². The summed E-state index contributed by atoms with van der Waals surface area (Å²) < 4.78 is 5.34. The second-order valence-electron chi connectivity index (χ2n) is 6.11. The van der Waals surface area contributed by atoms with Gasteiger partial charge >= 0.3 is 0 Å². The van der Waals surface area contributed by atoms with Gasteiger partial charge in [0.2, 0.25) is 5.91 Å². The Morgan fingerprint density at radius 2 is 2.19 bits per heavy atom. The maximum atomic E-state index is 11.1. The van der Waals surface area contributed by atoms with E-state index in [2.05, 4.69) is 17.6 Å². The minimum Gasteiger partial charge on any atom is -0.494 e. The van der Waals surface area contributed by atoms with Gasteiger partial charge in [-0.3, -0.25) is 4.79 Å². The molecule has 4 nitrogen and oxygen atoms in total. The zero-order valence-electron chi connectivity index (χ0n) is 13.2. The van der Waals surface area contributed by atoms with Gasteiger partial charge in [-0.2, -0.15) is 0 Å². The summed E-state index contributed by atoms with van der Waals surface area (Å²) in [6, 6.07) is 5.81. The second kappa shape index (κ2) is 7.34. The zero-order chi connectivity index (χ0) is 15.2. The van der Waals surface area contributed by atoms with Crippen molar-refractivity contribution in [3.8, 4) is 5.75 Å². The van der Waals surface area contributed by atoms with E-state index >= 15 is 0 Å². The Balaban J connectivity index is 1.95. The molecule has 1 saturated carbocycles. The highest BCUT2D eigenvalue weighted by molar-refractivity contribution is 5.90. The maximum absolute atomic E-state index is 11.1. The van der Waals surface area contributed by atoms with Crippen molar-refractivity contribution in [3.05, 3.63) is 18.2 Å². The number of rotatable bonds is 5. The summed E-state index contributed by atoms with van der Waals surface area (Å²) in [5, 5.41) is 6.27. The normalized spacial score (nSPS) is 21.7. The van der Waals surface area contributed by atoms with Crippen LogP contribution in [-0.4, -0.2) is 19.6 Å². The molecule has 0 saturated heterocycles. The zero-order valence-corrected chi connectivity index (χ0v) is 13.2. The molecule has 1 aromatic carbocycles. The molecule has 2 atom stereocenters. The highest BCUT2D eigenvalue weighted by atomic mass is 16.5.